The number of carboxylic acid groups (broad SMARTS) is 1. The number of hydrogen-bond donors (Lipinski definition) is 2. The Hall–Kier alpha value is -2.54. The molecular formula is C18H16ClNO6. The summed E-state index contributed by atoms with van der Waals surface area (Å²) in [7, 11) is 0. The molecule has 2 aliphatic carbocycles. The van der Waals surface area contributed by atoms with Crippen LogP contribution in [0.3, 0.4) is 0 Å². The Morgan fingerprint density at radius 3 is 2.46 bits per heavy atom. The monoisotopic (exact) mass is 377 g/mol. The molecule has 0 saturated heterocycles. The molecule has 7 nitrogen and oxygen atoms in total. The number of nitrogens with one attached hydrogen (secondary N) is 1. The van der Waals surface area contributed by atoms with Gasteiger partial charge in [0.05, 0.1) is 5.41 Å². The molecule has 1 saturated carbocycles. The first-order valence-electron chi connectivity index (χ1n) is 8.16. The molecule has 1 aromatic rings. The van der Waals surface area contributed by atoms with Crippen LogP contribution in [0.2, 0.25) is 5.02 Å². The van der Waals surface area contributed by atoms with Crippen LogP contribution in [-0.2, 0) is 24.6 Å². The Labute approximate surface area is 153 Å². The van der Waals surface area contributed by atoms with Gasteiger partial charge in [-0.2, -0.15) is 0 Å². The molecule has 0 aromatic heterocycles. The summed E-state index contributed by atoms with van der Waals surface area (Å²) in [6.45, 7) is -0.691. The number of carbonyl (C=O) groups excluding carboxylic acids is 4. The number of hydrogen-bond acceptors (Lipinski definition) is 5. The van der Waals surface area contributed by atoms with Crippen LogP contribution in [0.15, 0.2) is 18.2 Å². The van der Waals surface area contributed by atoms with Crippen molar-refractivity contribution < 1.29 is 29.1 Å². The molecule has 2 N–H and O–H groups in total. The summed E-state index contributed by atoms with van der Waals surface area (Å²) in [5.41, 5.74) is -0.430. The summed E-state index contributed by atoms with van der Waals surface area (Å²) in [4.78, 5) is 60.7. The Bertz CT molecular complexity index is 836. The number of halogens is 1. The van der Waals surface area contributed by atoms with Gasteiger partial charge in [-0.1, -0.05) is 17.7 Å². The topological polar surface area (TPSA) is 118 Å². The standard InChI is InChI=1S/C18H16ClNO6/c19-9-1-2-12-11(7-9)15(24)14(17(26)20-8-13(22)23)16(25)18(12)5-3-10(21)4-6-18/h1-2,7,14H,3-6,8H2,(H,20,26)(H,22,23). The summed E-state index contributed by atoms with van der Waals surface area (Å²) in [6, 6.07) is 4.60. The van der Waals surface area contributed by atoms with E-state index in [2.05, 4.69) is 5.32 Å². The van der Waals surface area contributed by atoms with E-state index < -0.39 is 41.3 Å². The van der Waals surface area contributed by atoms with E-state index in [9.17, 15) is 24.0 Å². The summed E-state index contributed by atoms with van der Waals surface area (Å²) < 4.78 is 0. The van der Waals surface area contributed by atoms with E-state index in [4.69, 9.17) is 16.7 Å². The number of fused-ring (bicyclic) bond motifs is 2. The molecule has 1 amide bonds. The van der Waals surface area contributed by atoms with Crippen molar-refractivity contribution in [3.8, 4) is 0 Å². The number of ketones is 3. The summed E-state index contributed by atoms with van der Waals surface area (Å²) in [5.74, 6) is -5.10. The minimum atomic E-state index is -1.63. The summed E-state index contributed by atoms with van der Waals surface area (Å²) in [6.07, 6.45) is 0.807. The maximum absolute atomic E-state index is 13.2. The molecule has 8 heteroatoms. The van der Waals surface area contributed by atoms with E-state index in [1.807, 2.05) is 0 Å². The fourth-order valence-corrected chi connectivity index (χ4v) is 3.97. The van der Waals surface area contributed by atoms with Crippen LogP contribution in [0.1, 0.15) is 41.6 Å². The third kappa shape index (κ3) is 2.92. The van der Waals surface area contributed by atoms with Crippen LogP contribution in [-0.4, -0.2) is 40.9 Å². The van der Waals surface area contributed by atoms with Crippen LogP contribution >= 0.6 is 11.6 Å². The molecule has 1 aromatic carbocycles. The molecule has 3 rings (SSSR count). The summed E-state index contributed by atoms with van der Waals surface area (Å²) >= 11 is 5.99. The Morgan fingerprint density at radius 2 is 1.85 bits per heavy atom. The van der Waals surface area contributed by atoms with Crippen molar-refractivity contribution in [2.75, 3.05) is 6.54 Å². The third-order valence-corrected chi connectivity index (χ3v) is 5.33. The smallest absolute Gasteiger partial charge is 0.322 e. The van der Waals surface area contributed by atoms with Crippen molar-refractivity contribution in [3.63, 3.8) is 0 Å². The van der Waals surface area contributed by atoms with Crippen LogP contribution in [0.25, 0.3) is 0 Å². The SMILES string of the molecule is O=C(O)CNC(=O)C1C(=O)c2cc(Cl)ccc2C2(CCC(=O)CC2)C1=O. The van der Waals surface area contributed by atoms with E-state index in [1.165, 1.54) is 6.07 Å². The van der Waals surface area contributed by atoms with Gasteiger partial charge in [0.25, 0.3) is 0 Å². The van der Waals surface area contributed by atoms with Gasteiger partial charge in [-0.15, -0.1) is 0 Å². The lowest BCUT2D eigenvalue weighted by Gasteiger charge is -2.42. The molecule has 2 aliphatic rings. The first kappa shape index (κ1) is 18.3. The van der Waals surface area contributed by atoms with Gasteiger partial charge in [-0.25, -0.2) is 0 Å². The van der Waals surface area contributed by atoms with Crippen molar-refractivity contribution in [3.05, 3.63) is 34.3 Å². The fourth-order valence-electron chi connectivity index (χ4n) is 3.80. The molecule has 1 unspecified atom stereocenters. The number of carboxylic acids is 1. The number of aliphatic carboxylic acids is 1. The van der Waals surface area contributed by atoms with Crippen molar-refractivity contribution in [2.24, 2.45) is 5.92 Å². The Morgan fingerprint density at radius 1 is 1.19 bits per heavy atom. The van der Waals surface area contributed by atoms with Crippen LogP contribution in [0, 0.1) is 5.92 Å². The molecule has 26 heavy (non-hydrogen) atoms. The predicted octanol–water partition coefficient (Wildman–Crippen LogP) is 1.30. The van der Waals surface area contributed by atoms with Crippen LogP contribution in [0.4, 0.5) is 0 Å². The highest BCUT2D eigenvalue weighted by molar-refractivity contribution is 6.33. The van der Waals surface area contributed by atoms with E-state index >= 15 is 0 Å². The highest BCUT2D eigenvalue weighted by atomic mass is 35.5. The zero-order chi connectivity index (χ0) is 19.1. The van der Waals surface area contributed by atoms with Gasteiger partial charge in [-0.05, 0) is 30.5 Å². The molecule has 0 bridgehead atoms. The quantitative estimate of drug-likeness (QED) is 0.767. The van der Waals surface area contributed by atoms with Gasteiger partial charge in [0.15, 0.2) is 17.5 Å². The van der Waals surface area contributed by atoms with E-state index in [0.717, 1.165) is 0 Å². The molecule has 1 atom stereocenters. The summed E-state index contributed by atoms with van der Waals surface area (Å²) in [5, 5.41) is 11.1. The number of amides is 1. The van der Waals surface area contributed by atoms with Crippen molar-refractivity contribution in [1.82, 2.24) is 5.32 Å². The zero-order valence-electron chi connectivity index (χ0n) is 13.7. The predicted molar refractivity (Wildman–Crippen MR) is 90.1 cm³/mol. The first-order chi connectivity index (χ1) is 12.3. The van der Waals surface area contributed by atoms with E-state index in [1.54, 1.807) is 12.1 Å². The maximum Gasteiger partial charge on any atom is 0.322 e. The van der Waals surface area contributed by atoms with Gasteiger partial charge in [0.1, 0.15) is 12.3 Å². The zero-order valence-corrected chi connectivity index (χ0v) is 14.5. The lowest BCUT2D eigenvalue weighted by atomic mass is 9.58. The van der Waals surface area contributed by atoms with Crippen LogP contribution in [0.5, 0.6) is 0 Å². The molecule has 136 valence electrons. The second-order valence-electron chi connectivity index (χ2n) is 6.58. The van der Waals surface area contributed by atoms with Gasteiger partial charge >= 0.3 is 5.97 Å². The highest BCUT2D eigenvalue weighted by Crippen LogP contribution is 2.46. The van der Waals surface area contributed by atoms with Crippen molar-refractivity contribution in [1.29, 1.82) is 0 Å². The minimum absolute atomic E-state index is 0.0303. The number of Topliss-reactive ketones (excluding diaryl/α,β-unsaturated/α-hetero) is 3. The van der Waals surface area contributed by atoms with Gasteiger partial charge in [0, 0.05) is 23.4 Å². The Kier molecular flexibility index (Phi) is 4.66. The second-order valence-corrected chi connectivity index (χ2v) is 7.02. The molecular weight excluding hydrogens is 362 g/mol. The van der Waals surface area contributed by atoms with Crippen molar-refractivity contribution >= 4 is 40.8 Å². The minimum Gasteiger partial charge on any atom is -0.480 e. The highest BCUT2D eigenvalue weighted by Gasteiger charge is 2.55. The van der Waals surface area contributed by atoms with Gasteiger partial charge < -0.3 is 10.4 Å². The largest absolute Gasteiger partial charge is 0.480 e. The van der Waals surface area contributed by atoms with Gasteiger partial charge in [-0.3, -0.25) is 24.0 Å². The fraction of sp³-hybridized carbons (Fsp3) is 0.389. The van der Waals surface area contributed by atoms with E-state index in [-0.39, 0.29) is 42.1 Å². The Balaban J connectivity index is 2.08. The average Bonchev–Trinajstić information content (AvgIpc) is 2.60. The number of benzene rings is 1. The van der Waals surface area contributed by atoms with Crippen molar-refractivity contribution in [2.45, 2.75) is 31.1 Å². The molecule has 0 radical (unpaired) electrons. The molecule has 1 fully saturated rings. The lowest BCUT2D eigenvalue weighted by molar-refractivity contribution is -0.141. The molecule has 1 spiro atoms. The van der Waals surface area contributed by atoms with Gasteiger partial charge in [0.2, 0.25) is 5.91 Å². The number of carbonyl (C=O) groups is 5. The van der Waals surface area contributed by atoms with Crippen LogP contribution < -0.4 is 5.32 Å². The lowest BCUT2D eigenvalue weighted by Crippen LogP contribution is -2.55. The maximum atomic E-state index is 13.2. The third-order valence-electron chi connectivity index (χ3n) is 5.10. The second kappa shape index (κ2) is 6.64. The first-order valence-corrected chi connectivity index (χ1v) is 8.54. The molecule has 0 aliphatic heterocycles. The average molecular weight is 378 g/mol. The number of rotatable bonds is 3. The normalized spacial score (nSPS) is 21.4. The van der Waals surface area contributed by atoms with E-state index in [0.29, 0.717) is 5.56 Å². The molecule has 0 heterocycles.